The van der Waals surface area contributed by atoms with Gasteiger partial charge >= 0.3 is 0 Å². The Labute approximate surface area is 76.9 Å². The largest absolute Gasteiger partial charge is 0.376 e. The van der Waals surface area contributed by atoms with Crippen molar-refractivity contribution in [2.75, 3.05) is 20.2 Å². The molecule has 0 aromatic carbocycles. The maximum absolute atomic E-state index is 5.58. The molecule has 0 spiro atoms. The van der Waals surface area contributed by atoms with Crippen molar-refractivity contribution in [3.8, 4) is 0 Å². The summed E-state index contributed by atoms with van der Waals surface area (Å²) in [6.07, 6.45) is 2.81. The van der Waals surface area contributed by atoms with Crippen LogP contribution in [0.1, 0.15) is 18.2 Å². The van der Waals surface area contributed by atoms with E-state index in [1.165, 1.54) is 0 Å². The van der Waals surface area contributed by atoms with Gasteiger partial charge in [0.05, 0.1) is 6.10 Å². The molecular weight excluding hydrogens is 168 g/mol. The zero-order valence-electron chi connectivity index (χ0n) is 7.66. The van der Waals surface area contributed by atoms with Crippen LogP contribution in [0.15, 0.2) is 6.33 Å². The van der Waals surface area contributed by atoms with Crippen molar-refractivity contribution in [2.45, 2.75) is 18.4 Å². The highest BCUT2D eigenvalue weighted by Crippen LogP contribution is 2.27. The van der Waals surface area contributed by atoms with Gasteiger partial charge in [-0.1, -0.05) is 0 Å². The number of hydrogen-bond acceptors (Lipinski definition) is 4. The minimum Gasteiger partial charge on any atom is -0.376 e. The van der Waals surface area contributed by atoms with Crippen molar-refractivity contribution < 1.29 is 4.74 Å². The molecule has 2 N–H and O–H groups in total. The molecular formula is C8H14N4O. The van der Waals surface area contributed by atoms with Gasteiger partial charge in [0.15, 0.2) is 0 Å². The predicted molar refractivity (Wildman–Crippen MR) is 47.4 cm³/mol. The van der Waals surface area contributed by atoms with Gasteiger partial charge in [-0.25, -0.2) is 4.98 Å². The summed E-state index contributed by atoms with van der Waals surface area (Å²) in [5, 5.41) is 9.86. The molecule has 1 aromatic heterocycles. The normalized spacial score (nSPS) is 28.1. The van der Waals surface area contributed by atoms with Gasteiger partial charge in [-0.15, -0.1) is 0 Å². The average Bonchev–Trinajstić information content (AvgIpc) is 2.71. The highest BCUT2D eigenvalue weighted by Gasteiger charge is 2.30. The summed E-state index contributed by atoms with van der Waals surface area (Å²) in [5.41, 5.74) is 0. The van der Waals surface area contributed by atoms with Crippen LogP contribution in [0.2, 0.25) is 0 Å². The first-order valence-electron chi connectivity index (χ1n) is 4.53. The number of likely N-dealkylation sites (N-methyl/N-ethyl adjacent to an activating group) is 1. The van der Waals surface area contributed by atoms with Crippen LogP contribution in [-0.2, 0) is 4.74 Å². The Kier molecular flexibility index (Phi) is 2.56. The van der Waals surface area contributed by atoms with E-state index in [0.717, 1.165) is 25.4 Å². The summed E-state index contributed by atoms with van der Waals surface area (Å²) in [6.45, 7) is 1.68. The van der Waals surface area contributed by atoms with Gasteiger partial charge in [0.1, 0.15) is 12.2 Å². The number of rotatable bonds is 3. The standard InChI is InChI=1S/C8H14N4O/c1-9-4-7-6(2-3-13-7)8-10-5-11-12-8/h5-7,9H,2-4H2,1H3,(H,10,11,12)/t6-,7-/m0/s1. The third-order valence-corrected chi connectivity index (χ3v) is 2.40. The van der Waals surface area contributed by atoms with Crippen molar-refractivity contribution in [3.63, 3.8) is 0 Å². The first kappa shape index (κ1) is 8.65. The first-order valence-corrected chi connectivity index (χ1v) is 4.53. The van der Waals surface area contributed by atoms with Crippen molar-refractivity contribution >= 4 is 0 Å². The smallest absolute Gasteiger partial charge is 0.137 e. The Morgan fingerprint density at radius 1 is 1.77 bits per heavy atom. The third kappa shape index (κ3) is 1.71. The first-order chi connectivity index (χ1) is 6.42. The number of nitrogens with one attached hydrogen (secondary N) is 2. The van der Waals surface area contributed by atoms with Gasteiger partial charge < -0.3 is 10.1 Å². The van der Waals surface area contributed by atoms with Gasteiger partial charge in [0.25, 0.3) is 0 Å². The second kappa shape index (κ2) is 3.85. The van der Waals surface area contributed by atoms with Crippen molar-refractivity contribution in [1.82, 2.24) is 20.5 Å². The molecule has 1 fully saturated rings. The van der Waals surface area contributed by atoms with Crippen LogP contribution < -0.4 is 5.32 Å². The molecule has 5 heteroatoms. The van der Waals surface area contributed by atoms with Gasteiger partial charge in [-0.3, -0.25) is 5.10 Å². The van der Waals surface area contributed by atoms with Gasteiger partial charge in [-0.05, 0) is 13.5 Å². The highest BCUT2D eigenvalue weighted by molar-refractivity contribution is 5.00. The lowest BCUT2D eigenvalue weighted by atomic mass is 10.0. The van der Waals surface area contributed by atoms with E-state index in [1.54, 1.807) is 6.33 Å². The second-order valence-corrected chi connectivity index (χ2v) is 3.23. The fraction of sp³-hybridized carbons (Fsp3) is 0.750. The third-order valence-electron chi connectivity index (χ3n) is 2.40. The summed E-state index contributed by atoms with van der Waals surface area (Å²) in [5.74, 6) is 1.31. The number of H-pyrrole nitrogens is 1. The lowest BCUT2D eigenvalue weighted by Gasteiger charge is -2.15. The molecule has 0 bridgehead atoms. The SMILES string of the molecule is CNC[C@@H]1OCC[C@@H]1c1ncn[nH]1. The zero-order valence-corrected chi connectivity index (χ0v) is 7.66. The average molecular weight is 182 g/mol. The molecule has 0 unspecified atom stereocenters. The monoisotopic (exact) mass is 182 g/mol. The van der Waals surface area contributed by atoms with Crippen LogP contribution in [0.5, 0.6) is 0 Å². The quantitative estimate of drug-likeness (QED) is 0.685. The number of ether oxygens (including phenoxy) is 1. The Balaban J connectivity index is 2.05. The molecule has 0 aliphatic carbocycles. The highest BCUT2D eigenvalue weighted by atomic mass is 16.5. The van der Waals surface area contributed by atoms with Crippen molar-refractivity contribution in [3.05, 3.63) is 12.2 Å². The predicted octanol–water partition coefficient (Wildman–Crippen LogP) is -0.103. The fourth-order valence-corrected chi connectivity index (χ4v) is 1.76. The fourth-order valence-electron chi connectivity index (χ4n) is 1.76. The van der Waals surface area contributed by atoms with Crippen LogP contribution in [0.25, 0.3) is 0 Å². The number of nitrogens with zero attached hydrogens (tertiary/aromatic N) is 2. The zero-order chi connectivity index (χ0) is 9.10. The molecule has 0 radical (unpaired) electrons. The molecule has 5 nitrogen and oxygen atoms in total. The number of hydrogen-bond donors (Lipinski definition) is 2. The number of aromatic amines is 1. The Hall–Kier alpha value is -0.940. The van der Waals surface area contributed by atoms with E-state index < -0.39 is 0 Å². The summed E-state index contributed by atoms with van der Waals surface area (Å²) in [6, 6.07) is 0. The van der Waals surface area contributed by atoms with Gasteiger partial charge in [-0.2, -0.15) is 5.10 Å². The molecule has 2 heterocycles. The van der Waals surface area contributed by atoms with Crippen LogP contribution in [-0.4, -0.2) is 41.5 Å². The molecule has 1 aliphatic rings. The van der Waals surface area contributed by atoms with E-state index in [4.69, 9.17) is 4.74 Å². The summed E-state index contributed by atoms with van der Waals surface area (Å²) in [7, 11) is 1.93. The van der Waals surface area contributed by atoms with E-state index in [0.29, 0.717) is 5.92 Å². The van der Waals surface area contributed by atoms with E-state index >= 15 is 0 Å². The summed E-state index contributed by atoms with van der Waals surface area (Å²) < 4.78 is 5.58. The Morgan fingerprint density at radius 3 is 3.38 bits per heavy atom. The lowest BCUT2D eigenvalue weighted by molar-refractivity contribution is 0.103. The number of aromatic nitrogens is 3. The van der Waals surface area contributed by atoms with Crippen LogP contribution in [0.3, 0.4) is 0 Å². The topological polar surface area (TPSA) is 62.8 Å². The molecule has 13 heavy (non-hydrogen) atoms. The minimum absolute atomic E-state index is 0.234. The van der Waals surface area contributed by atoms with Gasteiger partial charge in [0.2, 0.25) is 0 Å². The molecule has 2 rings (SSSR count). The van der Waals surface area contributed by atoms with Crippen LogP contribution in [0.4, 0.5) is 0 Å². The maximum Gasteiger partial charge on any atom is 0.137 e. The van der Waals surface area contributed by atoms with Crippen LogP contribution >= 0.6 is 0 Å². The Morgan fingerprint density at radius 2 is 2.69 bits per heavy atom. The molecule has 0 amide bonds. The molecule has 1 aromatic rings. The molecule has 72 valence electrons. The van der Waals surface area contributed by atoms with Gasteiger partial charge in [0, 0.05) is 19.1 Å². The maximum atomic E-state index is 5.58. The van der Waals surface area contributed by atoms with E-state index in [2.05, 4.69) is 20.5 Å². The van der Waals surface area contributed by atoms with Crippen molar-refractivity contribution in [2.24, 2.45) is 0 Å². The van der Waals surface area contributed by atoms with E-state index in [1.807, 2.05) is 7.05 Å². The van der Waals surface area contributed by atoms with Crippen molar-refractivity contribution in [1.29, 1.82) is 0 Å². The molecule has 1 saturated heterocycles. The molecule has 2 atom stereocenters. The lowest BCUT2D eigenvalue weighted by Crippen LogP contribution is -2.28. The van der Waals surface area contributed by atoms with E-state index in [-0.39, 0.29) is 6.10 Å². The second-order valence-electron chi connectivity index (χ2n) is 3.23. The molecule has 0 saturated carbocycles. The van der Waals surface area contributed by atoms with Crippen LogP contribution in [0, 0.1) is 0 Å². The minimum atomic E-state index is 0.234. The van der Waals surface area contributed by atoms with E-state index in [9.17, 15) is 0 Å². The summed E-state index contributed by atoms with van der Waals surface area (Å²) in [4.78, 5) is 4.16. The molecule has 1 aliphatic heterocycles. The Bertz CT molecular complexity index is 249. The summed E-state index contributed by atoms with van der Waals surface area (Å²) >= 11 is 0.